The van der Waals surface area contributed by atoms with Crippen LogP contribution >= 0.6 is 0 Å². The zero-order chi connectivity index (χ0) is 10.8. The minimum absolute atomic E-state index is 0.141. The number of carboxylic acid groups (broad SMARTS) is 1. The average Bonchev–Trinajstić information content (AvgIpc) is 2.85. The smallest absolute Gasteiger partial charge is 0.372 e. The van der Waals surface area contributed by atoms with Crippen molar-refractivity contribution in [3.8, 4) is 11.3 Å². The van der Waals surface area contributed by atoms with Crippen LogP contribution in [-0.4, -0.2) is 17.4 Å². The van der Waals surface area contributed by atoms with Crippen molar-refractivity contribution in [2.75, 3.05) is 0 Å². The summed E-state index contributed by atoms with van der Waals surface area (Å²) in [5.41, 5.74) is 0.315. The van der Waals surface area contributed by atoms with E-state index in [1.54, 1.807) is 0 Å². The number of furan rings is 2. The van der Waals surface area contributed by atoms with E-state index in [1.807, 2.05) is 0 Å². The molecule has 15 heavy (non-hydrogen) atoms. The van der Waals surface area contributed by atoms with Gasteiger partial charge in [-0.15, -0.1) is 0 Å². The molecule has 2 rings (SSSR count). The van der Waals surface area contributed by atoms with Crippen LogP contribution in [0.2, 0.25) is 0 Å². The fraction of sp³-hybridized carbons (Fsp3) is 0. The van der Waals surface area contributed by atoms with Gasteiger partial charge in [0.1, 0.15) is 5.76 Å². The molecule has 0 aliphatic heterocycles. The van der Waals surface area contributed by atoms with E-state index in [0.29, 0.717) is 17.6 Å². The summed E-state index contributed by atoms with van der Waals surface area (Å²) >= 11 is 0. The summed E-state index contributed by atoms with van der Waals surface area (Å²) in [5, 5.41) is 8.77. The van der Waals surface area contributed by atoms with Gasteiger partial charge in [-0.25, -0.2) is 4.79 Å². The largest absolute Gasteiger partial charge is 0.475 e. The van der Waals surface area contributed by atoms with Crippen LogP contribution in [0.25, 0.3) is 11.3 Å². The van der Waals surface area contributed by atoms with Crippen molar-refractivity contribution in [2.24, 2.45) is 0 Å². The molecule has 0 aliphatic carbocycles. The molecule has 0 saturated carbocycles. The summed E-state index contributed by atoms with van der Waals surface area (Å²) < 4.78 is 9.85. The van der Waals surface area contributed by atoms with Gasteiger partial charge in [0, 0.05) is 0 Å². The zero-order valence-electron chi connectivity index (χ0n) is 7.47. The molecule has 1 N–H and O–H groups in total. The van der Waals surface area contributed by atoms with E-state index in [4.69, 9.17) is 13.9 Å². The summed E-state index contributed by atoms with van der Waals surface area (Å²) in [6, 6.07) is 4.44. The third kappa shape index (κ3) is 1.54. The third-order valence-electron chi connectivity index (χ3n) is 1.87. The molecule has 0 unspecified atom stereocenters. The summed E-state index contributed by atoms with van der Waals surface area (Å²) in [4.78, 5) is 21.1. The summed E-state index contributed by atoms with van der Waals surface area (Å²) in [5.74, 6) is -0.952. The Morgan fingerprint density at radius 2 is 2.13 bits per heavy atom. The Kier molecular flexibility index (Phi) is 2.13. The van der Waals surface area contributed by atoms with E-state index in [9.17, 15) is 9.59 Å². The molecule has 0 radical (unpaired) electrons. The lowest BCUT2D eigenvalue weighted by Gasteiger charge is -1.92. The maximum Gasteiger partial charge on any atom is 0.372 e. The molecule has 0 amide bonds. The fourth-order valence-electron chi connectivity index (χ4n) is 1.23. The van der Waals surface area contributed by atoms with Gasteiger partial charge in [-0.3, -0.25) is 4.79 Å². The molecule has 0 fully saturated rings. The Morgan fingerprint density at radius 1 is 1.33 bits per heavy atom. The lowest BCUT2D eigenvalue weighted by molar-refractivity contribution is 0.0663. The van der Waals surface area contributed by atoms with Crippen LogP contribution in [0, 0.1) is 0 Å². The standard InChI is InChI=1S/C10H6O5/c11-5-6-1-2-8(15-6)7-3-4-14-9(7)10(12)13/h1-5H,(H,12,13). The first kappa shape index (κ1) is 9.26. The molecular formula is C10H6O5. The topological polar surface area (TPSA) is 80.7 Å². The van der Waals surface area contributed by atoms with Crippen LogP contribution < -0.4 is 0 Å². The first-order valence-electron chi connectivity index (χ1n) is 4.08. The Labute approximate surface area is 83.9 Å². The van der Waals surface area contributed by atoms with Crippen LogP contribution in [0.1, 0.15) is 21.1 Å². The number of rotatable bonds is 3. The monoisotopic (exact) mass is 206 g/mol. The van der Waals surface area contributed by atoms with Crippen LogP contribution in [-0.2, 0) is 0 Å². The summed E-state index contributed by atoms with van der Waals surface area (Å²) in [7, 11) is 0. The second kappa shape index (κ2) is 3.45. The molecule has 0 bridgehead atoms. The Hall–Kier alpha value is -2.30. The SMILES string of the molecule is O=Cc1ccc(-c2ccoc2C(=O)O)o1. The molecule has 5 heteroatoms. The van der Waals surface area contributed by atoms with E-state index in [-0.39, 0.29) is 11.5 Å². The highest BCUT2D eigenvalue weighted by atomic mass is 16.4. The van der Waals surface area contributed by atoms with E-state index in [0.717, 1.165) is 0 Å². The molecule has 0 aliphatic rings. The molecule has 0 saturated heterocycles. The normalized spacial score (nSPS) is 10.1. The van der Waals surface area contributed by atoms with Gasteiger partial charge < -0.3 is 13.9 Å². The minimum atomic E-state index is -1.18. The van der Waals surface area contributed by atoms with Gasteiger partial charge in [-0.05, 0) is 18.2 Å². The third-order valence-corrected chi connectivity index (χ3v) is 1.87. The van der Waals surface area contributed by atoms with E-state index >= 15 is 0 Å². The van der Waals surface area contributed by atoms with Crippen LogP contribution in [0.15, 0.2) is 33.3 Å². The van der Waals surface area contributed by atoms with Crippen molar-refractivity contribution < 1.29 is 23.5 Å². The van der Waals surface area contributed by atoms with Crippen LogP contribution in [0.5, 0.6) is 0 Å². The van der Waals surface area contributed by atoms with Gasteiger partial charge in [0.15, 0.2) is 12.0 Å². The number of aldehydes is 1. The maximum atomic E-state index is 10.7. The maximum absolute atomic E-state index is 10.7. The van der Waals surface area contributed by atoms with Crippen molar-refractivity contribution in [1.82, 2.24) is 0 Å². The first-order chi connectivity index (χ1) is 7.22. The van der Waals surface area contributed by atoms with Crippen molar-refractivity contribution >= 4 is 12.3 Å². The Bertz CT molecular complexity index is 505. The fourth-order valence-corrected chi connectivity index (χ4v) is 1.23. The quantitative estimate of drug-likeness (QED) is 0.777. The summed E-state index contributed by atoms with van der Waals surface area (Å²) in [6.45, 7) is 0. The number of aromatic carboxylic acids is 1. The highest BCUT2D eigenvalue weighted by molar-refractivity contribution is 5.92. The second-order valence-corrected chi connectivity index (χ2v) is 2.79. The molecule has 5 nitrogen and oxygen atoms in total. The lowest BCUT2D eigenvalue weighted by Crippen LogP contribution is -1.95. The predicted octanol–water partition coefficient (Wildman–Crippen LogP) is 2.05. The van der Waals surface area contributed by atoms with Crippen molar-refractivity contribution in [3.63, 3.8) is 0 Å². The van der Waals surface area contributed by atoms with Gasteiger partial charge >= 0.3 is 5.97 Å². The lowest BCUT2D eigenvalue weighted by atomic mass is 10.2. The number of hydrogen-bond acceptors (Lipinski definition) is 4. The van der Waals surface area contributed by atoms with Gasteiger partial charge in [-0.2, -0.15) is 0 Å². The number of hydrogen-bond donors (Lipinski definition) is 1. The molecule has 0 spiro atoms. The first-order valence-corrected chi connectivity index (χ1v) is 4.08. The predicted molar refractivity (Wildman–Crippen MR) is 48.8 cm³/mol. The molecular weight excluding hydrogens is 200 g/mol. The van der Waals surface area contributed by atoms with Crippen molar-refractivity contribution in [1.29, 1.82) is 0 Å². The van der Waals surface area contributed by atoms with E-state index < -0.39 is 5.97 Å². The highest BCUT2D eigenvalue weighted by Gasteiger charge is 2.17. The molecule has 0 aromatic carbocycles. The number of carboxylic acids is 1. The van der Waals surface area contributed by atoms with E-state index in [1.165, 1.54) is 24.5 Å². The number of carbonyl (C=O) groups excluding carboxylic acids is 1. The van der Waals surface area contributed by atoms with Gasteiger partial charge in [0.2, 0.25) is 5.76 Å². The molecule has 76 valence electrons. The molecule has 2 aromatic rings. The molecule has 0 atom stereocenters. The Morgan fingerprint density at radius 3 is 2.73 bits per heavy atom. The number of carbonyl (C=O) groups is 2. The average molecular weight is 206 g/mol. The van der Waals surface area contributed by atoms with Crippen LogP contribution in [0.4, 0.5) is 0 Å². The highest BCUT2D eigenvalue weighted by Crippen LogP contribution is 2.26. The van der Waals surface area contributed by atoms with Crippen molar-refractivity contribution in [3.05, 3.63) is 36.0 Å². The van der Waals surface area contributed by atoms with Gasteiger partial charge in [0.05, 0.1) is 11.8 Å². The van der Waals surface area contributed by atoms with E-state index in [2.05, 4.69) is 0 Å². The minimum Gasteiger partial charge on any atom is -0.475 e. The van der Waals surface area contributed by atoms with Gasteiger partial charge in [0.25, 0.3) is 0 Å². The zero-order valence-corrected chi connectivity index (χ0v) is 7.47. The molecule has 2 heterocycles. The second-order valence-electron chi connectivity index (χ2n) is 2.79. The Balaban J connectivity index is 2.48. The van der Waals surface area contributed by atoms with Gasteiger partial charge in [-0.1, -0.05) is 0 Å². The molecule has 2 aromatic heterocycles. The van der Waals surface area contributed by atoms with Crippen LogP contribution in [0.3, 0.4) is 0 Å². The summed E-state index contributed by atoms with van der Waals surface area (Å²) in [6.07, 6.45) is 1.80. The van der Waals surface area contributed by atoms with Crippen molar-refractivity contribution in [2.45, 2.75) is 0 Å².